The van der Waals surface area contributed by atoms with E-state index in [0.29, 0.717) is 19.2 Å². The Kier molecular flexibility index (Phi) is 6.36. The van der Waals surface area contributed by atoms with Crippen molar-refractivity contribution in [2.24, 2.45) is 0 Å². The second-order valence-electron chi connectivity index (χ2n) is 4.93. The van der Waals surface area contributed by atoms with Crippen LogP contribution >= 0.6 is 0 Å². The van der Waals surface area contributed by atoms with E-state index in [1.54, 1.807) is 0 Å². The molecule has 1 aromatic carbocycles. The molecule has 0 amide bonds. The third-order valence-electron chi connectivity index (χ3n) is 3.01. The summed E-state index contributed by atoms with van der Waals surface area (Å²) >= 11 is 0. The van der Waals surface area contributed by atoms with Gasteiger partial charge in [0.1, 0.15) is 12.4 Å². The number of ether oxygens (including phenoxy) is 1. The lowest BCUT2D eigenvalue weighted by molar-refractivity contribution is -0.137. The molecule has 1 rings (SSSR count). The number of carbonyl (C=O) groups is 1. The minimum Gasteiger partial charge on any atom is -0.492 e. The number of rotatable bonds is 8. The first-order valence-corrected chi connectivity index (χ1v) is 6.64. The molecule has 19 heavy (non-hydrogen) atoms. The van der Waals surface area contributed by atoms with Gasteiger partial charge < -0.3 is 9.84 Å². The van der Waals surface area contributed by atoms with Crippen LogP contribution in [-0.4, -0.2) is 41.7 Å². The van der Waals surface area contributed by atoms with Crippen LogP contribution in [0.15, 0.2) is 24.3 Å². The second-order valence-corrected chi connectivity index (χ2v) is 4.93. The van der Waals surface area contributed by atoms with E-state index >= 15 is 0 Å². The number of carboxylic acids is 1. The van der Waals surface area contributed by atoms with Gasteiger partial charge in [0.05, 0.1) is 6.42 Å². The second kappa shape index (κ2) is 7.79. The SMILES string of the molecule is Cc1ccc(OCCN(CCC(=O)O)C(C)C)cc1. The van der Waals surface area contributed by atoms with E-state index in [-0.39, 0.29) is 6.42 Å². The summed E-state index contributed by atoms with van der Waals surface area (Å²) in [5.41, 5.74) is 1.21. The van der Waals surface area contributed by atoms with E-state index in [1.165, 1.54) is 5.56 Å². The molecule has 0 unspecified atom stereocenters. The maximum absolute atomic E-state index is 10.6. The first-order chi connectivity index (χ1) is 8.99. The molecule has 0 aromatic heterocycles. The average molecular weight is 265 g/mol. The van der Waals surface area contributed by atoms with Crippen LogP contribution in [0.2, 0.25) is 0 Å². The number of hydrogen-bond donors (Lipinski definition) is 1. The highest BCUT2D eigenvalue weighted by molar-refractivity contribution is 5.66. The summed E-state index contributed by atoms with van der Waals surface area (Å²) in [6.45, 7) is 8.03. The monoisotopic (exact) mass is 265 g/mol. The number of aryl methyl sites for hydroxylation is 1. The van der Waals surface area contributed by atoms with Crippen molar-refractivity contribution >= 4 is 5.97 Å². The molecule has 0 aliphatic heterocycles. The summed E-state index contributed by atoms with van der Waals surface area (Å²) in [7, 11) is 0. The number of aliphatic carboxylic acids is 1. The van der Waals surface area contributed by atoms with E-state index in [2.05, 4.69) is 18.7 Å². The molecule has 1 N–H and O–H groups in total. The van der Waals surface area contributed by atoms with Crippen molar-refractivity contribution in [2.45, 2.75) is 33.2 Å². The Labute approximate surface area is 115 Å². The molecule has 0 aliphatic carbocycles. The molecular weight excluding hydrogens is 242 g/mol. The van der Waals surface area contributed by atoms with Gasteiger partial charge in [-0.25, -0.2) is 0 Å². The molecule has 0 saturated heterocycles. The Balaban J connectivity index is 2.35. The Morgan fingerprint density at radius 2 is 1.89 bits per heavy atom. The zero-order valence-corrected chi connectivity index (χ0v) is 11.9. The summed E-state index contributed by atoms with van der Waals surface area (Å²) in [6.07, 6.45) is 0.169. The zero-order valence-electron chi connectivity index (χ0n) is 11.9. The Hall–Kier alpha value is -1.55. The van der Waals surface area contributed by atoms with Crippen molar-refractivity contribution < 1.29 is 14.6 Å². The van der Waals surface area contributed by atoms with Gasteiger partial charge in [-0.2, -0.15) is 0 Å². The third-order valence-corrected chi connectivity index (χ3v) is 3.01. The van der Waals surface area contributed by atoms with E-state index in [4.69, 9.17) is 9.84 Å². The molecule has 1 aromatic rings. The molecule has 4 heteroatoms. The highest BCUT2D eigenvalue weighted by atomic mass is 16.5. The van der Waals surface area contributed by atoms with E-state index in [9.17, 15) is 4.79 Å². The lowest BCUT2D eigenvalue weighted by atomic mass is 10.2. The van der Waals surface area contributed by atoms with E-state index < -0.39 is 5.97 Å². The first kappa shape index (κ1) is 15.5. The van der Waals surface area contributed by atoms with Crippen molar-refractivity contribution in [1.82, 2.24) is 4.90 Å². The van der Waals surface area contributed by atoms with Crippen molar-refractivity contribution in [3.05, 3.63) is 29.8 Å². The molecule has 0 fully saturated rings. The fourth-order valence-electron chi connectivity index (χ4n) is 1.78. The highest BCUT2D eigenvalue weighted by Gasteiger charge is 2.11. The van der Waals surface area contributed by atoms with Crippen molar-refractivity contribution in [2.75, 3.05) is 19.7 Å². The summed E-state index contributed by atoms with van der Waals surface area (Å²) in [5.74, 6) is 0.0950. The lowest BCUT2D eigenvalue weighted by Crippen LogP contribution is -2.36. The summed E-state index contributed by atoms with van der Waals surface area (Å²) in [5, 5.41) is 8.72. The third kappa shape index (κ3) is 6.25. The summed E-state index contributed by atoms with van der Waals surface area (Å²) in [4.78, 5) is 12.7. The van der Waals surface area contributed by atoms with Gasteiger partial charge in [-0.1, -0.05) is 17.7 Å². The van der Waals surface area contributed by atoms with Gasteiger partial charge in [0.2, 0.25) is 0 Å². The normalized spacial score (nSPS) is 11.0. The number of hydrogen-bond acceptors (Lipinski definition) is 3. The topological polar surface area (TPSA) is 49.8 Å². The minimum absolute atomic E-state index is 0.169. The van der Waals surface area contributed by atoms with Crippen LogP contribution in [0.4, 0.5) is 0 Å². The number of carboxylic acid groups (broad SMARTS) is 1. The van der Waals surface area contributed by atoms with Gasteiger partial charge >= 0.3 is 5.97 Å². The summed E-state index contributed by atoms with van der Waals surface area (Å²) < 4.78 is 5.66. The molecule has 0 heterocycles. The lowest BCUT2D eigenvalue weighted by Gasteiger charge is -2.25. The van der Waals surface area contributed by atoms with Crippen LogP contribution in [0.5, 0.6) is 5.75 Å². The fraction of sp³-hybridized carbons (Fsp3) is 0.533. The fourth-order valence-corrected chi connectivity index (χ4v) is 1.78. The van der Waals surface area contributed by atoms with Gasteiger partial charge in [-0.05, 0) is 32.9 Å². The van der Waals surface area contributed by atoms with Crippen LogP contribution in [0.1, 0.15) is 25.8 Å². The maximum Gasteiger partial charge on any atom is 0.304 e. The van der Waals surface area contributed by atoms with Crippen LogP contribution in [0.3, 0.4) is 0 Å². The van der Waals surface area contributed by atoms with E-state index in [1.807, 2.05) is 31.2 Å². The average Bonchev–Trinajstić information content (AvgIpc) is 2.35. The first-order valence-electron chi connectivity index (χ1n) is 6.64. The van der Waals surface area contributed by atoms with Gasteiger partial charge in [0.15, 0.2) is 0 Å². The Morgan fingerprint density at radius 3 is 2.42 bits per heavy atom. The predicted molar refractivity (Wildman–Crippen MR) is 75.6 cm³/mol. The number of nitrogens with zero attached hydrogens (tertiary/aromatic N) is 1. The van der Waals surface area contributed by atoms with Crippen LogP contribution in [0.25, 0.3) is 0 Å². The minimum atomic E-state index is -0.759. The van der Waals surface area contributed by atoms with Crippen molar-refractivity contribution in [3.63, 3.8) is 0 Å². The van der Waals surface area contributed by atoms with Crippen molar-refractivity contribution in [1.29, 1.82) is 0 Å². The van der Waals surface area contributed by atoms with E-state index in [0.717, 1.165) is 12.3 Å². The molecule has 0 aliphatic rings. The molecule has 0 saturated carbocycles. The standard InChI is InChI=1S/C15H23NO3/c1-12(2)16(9-8-15(17)18)10-11-19-14-6-4-13(3)5-7-14/h4-7,12H,8-11H2,1-3H3,(H,17,18). The van der Waals surface area contributed by atoms with Gasteiger partial charge in [0, 0.05) is 19.1 Å². The Bertz CT molecular complexity index is 387. The molecule has 4 nitrogen and oxygen atoms in total. The van der Waals surface area contributed by atoms with Crippen LogP contribution < -0.4 is 4.74 Å². The molecule has 0 spiro atoms. The molecule has 0 bridgehead atoms. The van der Waals surface area contributed by atoms with Crippen LogP contribution in [0, 0.1) is 6.92 Å². The van der Waals surface area contributed by atoms with Gasteiger partial charge in [0.25, 0.3) is 0 Å². The molecule has 0 atom stereocenters. The predicted octanol–water partition coefficient (Wildman–Crippen LogP) is 2.56. The highest BCUT2D eigenvalue weighted by Crippen LogP contribution is 2.11. The Morgan fingerprint density at radius 1 is 1.26 bits per heavy atom. The number of benzene rings is 1. The molecular formula is C15H23NO3. The van der Waals surface area contributed by atoms with Gasteiger partial charge in [-0.3, -0.25) is 9.69 Å². The van der Waals surface area contributed by atoms with Crippen molar-refractivity contribution in [3.8, 4) is 5.75 Å². The van der Waals surface area contributed by atoms with Crippen LogP contribution in [-0.2, 0) is 4.79 Å². The zero-order chi connectivity index (χ0) is 14.3. The molecule has 0 radical (unpaired) electrons. The smallest absolute Gasteiger partial charge is 0.304 e. The van der Waals surface area contributed by atoms with Gasteiger partial charge in [-0.15, -0.1) is 0 Å². The largest absolute Gasteiger partial charge is 0.492 e. The summed E-state index contributed by atoms with van der Waals surface area (Å²) in [6, 6.07) is 8.25. The molecule has 106 valence electrons. The quantitative estimate of drug-likeness (QED) is 0.785. The maximum atomic E-state index is 10.6.